The summed E-state index contributed by atoms with van der Waals surface area (Å²) >= 11 is 5.93. The Balaban J connectivity index is 2.11. The van der Waals surface area contributed by atoms with Crippen LogP contribution in [0, 0.1) is 5.82 Å². The molecule has 4 heteroatoms. The molecule has 0 fully saturated rings. The van der Waals surface area contributed by atoms with Gasteiger partial charge in [0.15, 0.2) is 0 Å². The fourth-order valence-corrected chi connectivity index (χ4v) is 2.98. The lowest BCUT2D eigenvalue weighted by atomic mass is 9.95. The number of benzene rings is 2. The van der Waals surface area contributed by atoms with E-state index in [4.69, 9.17) is 16.3 Å². The number of ether oxygens (including phenoxy) is 1. The average molecular weight is 306 g/mol. The fourth-order valence-electron chi connectivity index (χ4n) is 2.80. The Labute approximate surface area is 128 Å². The molecular formula is C17H17ClFNO. The van der Waals surface area contributed by atoms with E-state index in [9.17, 15) is 4.39 Å². The molecule has 0 saturated carbocycles. The Kier molecular flexibility index (Phi) is 4.13. The molecule has 0 aliphatic carbocycles. The van der Waals surface area contributed by atoms with Crippen LogP contribution in [-0.4, -0.2) is 13.2 Å². The summed E-state index contributed by atoms with van der Waals surface area (Å²) in [5.41, 5.74) is 2.69. The van der Waals surface area contributed by atoms with Crippen molar-refractivity contribution >= 4 is 11.6 Å². The standard InChI is InChI=1S/C17H17ClFNO/c1-2-20-16(12-6-4-8-14(18)15(12)19)13-7-3-5-11-9-10-21-17(11)13/h3-8,16,20H,2,9-10H2,1H3. The second kappa shape index (κ2) is 6.04. The van der Waals surface area contributed by atoms with Gasteiger partial charge in [-0.2, -0.15) is 0 Å². The number of para-hydroxylation sites is 1. The molecule has 21 heavy (non-hydrogen) atoms. The van der Waals surface area contributed by atoms with Gasteiger partial charge in [0.2, 0.25) is 0 Å². The molecule has 110 valence electrons. The monoisotopic (exact) mass is 305 g/mol. The van der Waals surface area contributed by atoms with Crippen LogP contribution < -0.4 is 10.1 Å². The van der Waals surface area contributed by atoms with Crippen LogP contribution in [0.2, 0.25) is 5.02 Å². The predicted molar refractivity (Wildman–Crippen MR) is 82.6 cm³/mol. The van der Waals surface area contributed by atoms with E-state index in [1.54, 1.807) is 18.2 Å². The summed E-state index contributed by atoms with van der Waals surface area (Å²) in [6.45, 7) is 3.41. The number of nitrogens with one attached hydrogen (secondary N) is 1. The SMILES string of the molecule is CCNC(c1cccc(Cl)c1F)c1cccc2c1OCC2. The minimum Gasteiger partial charge on any atom is -0.493 e. The van der Waals surface area contributed by atoms with Gasteiger partial charge in [0.1, 0.15) is 11.6 Å². The largest absolute Gasteiger partial charge is 0.493 e. The summed E-state index contributed by atoms with van der Waals surface area (Å²) in [5, 5.41) is 3.48. The molecule has 2 nitrogen and oxygen atoms in total. The average Bonchev–Trinajstić information content (AvgIpc) is 2.97. The minimum atomic E-state index is -0.374. The van der Waals surface area contributed by atoms with Crippen molar-refractivity contribution in [2.24, 2.45) is 0 Å². The smallest absolute Gasteiger partial charge is 0.146 e. The van der Waals surface area contributed by atoms with Crippen LogP contribution in [-0.2, 0) is 6.42 Å². The molecule has 1 atom stereocenters. The maximum absolute atomic E-state index is 14.4. The Hall–Kier alpha value is -1.58. The maximum Gasteiger partial charge on any atom is 0.146 e. The van der Waals surface area contributed by atoms with E-state index >= 15 is 0 Å². The number of halogens is 2. The zero-order valence-electron chi connectivity index (χ0n) is 11.8. The first kappa shape index (κ1) is 14.4. The molecule has 2 aromatic rings. The molecule has 1 aliphatic heterocycles. The molecule has 0 aromatic heterocycles. The molecule has 0 bridgehead atoms. The number of hydrogen-bond acceptors (Lipinski definition) is 2. The van der Waals surface area contributed by atoms with Crippen molar-refractivity contribution in [2.45, 2.75) is 19.4 Å². The van der Waals surface area contributed by atoms with Crippen LogP contribution in [0.3, 0.4) is 0 Å². The van der Waals surface area contributed by atoms with Crippen LogP contribution in [0.1, 0.15) is 29.7 Å². The van der Waals surface area contributed by atoms with Gasteiger partial charge in [-0.3, -0.25) is 0 Å². The van der Waals surface area contributed by atoms with Crippen molar-refractivity contribution in [2.75, 3.05) is 13.2 Å². The Bertz CT molecular complexity index is 659. The molecule has 1 unspecified atom stereocenters. The zero-order chi connectivity index (χ0) is 14.8. The van der Waals surface area contributed by atoms with Gasteiger partial charge in [0.25, 0.3) is 0 Å². The highest BCUT2D eigenvalue weighted by Gasteiger charge is 2.25. The van der Waals surface area contributed by atoms with E-state index in [0.29, 0.717) is 12.2 Å². The van der Waals surface area contributed by atoms with Gasteiger partial charge in [-0.15, -0.1) is 0 Å². The molecule has 0 saturated heterocycles. The highest BCUT2D eigenvalue weighted by atomic mass is 35.5. The molecular weight excluding hydrogens is 289 g/mol. The molecule has 1 N–H and O–H groups in total. The first-order chi connectivity index (χ1) is 10.2. The first-order valence-corrected chi connectivity index (χ1v) is 7.52. The van der Waals surface area contributed by atoms with E-state index < -0.39 is 0 Å². The van der Waals surface area contributed by atoms with Gasteiger partial charge in [-0.1, -0.05) is 48.9 Å². The van der Waals surface area contributed by atoms with E-state index in [1.165, 1.54) is 5.56 Å². The van der Waals surface area contributed by atoms with Crippen molar-refractivity contribution < 1.29 is 9.13 Å². The van der Waals surface area contributed by atoms with Crippen molar-refractivity contribution in [3.63, 3.8) is 0 Å². The van der Waals surface area contributed by atoms with E-state index in [-0.39, 0.29) is 16.9 Å². The fraction of sp³-hybridized carbons (Fsp3) is 0.294. The molecule has 1 aliphatic rings. The quantitative estimate of drug-likeness (QED) is 0.917. The van der Waals surface area contributed by atoms with Crippen LogP contribution in [0.15, 0.2) is 36.4 Å². The Morgan fingerprint density at radius 3 is 2.81 bits per heavy atom. The molecule has 0 spiro atoms. The summed E-state index contributed by atoms with van der Waals surface area (Å²) in [6, 6.07) is 10.9. The normalized spacial score (nSPS) is 14.6. The van der Waals surface area contributed by atoms with Gasteiger partial charge in [-0.25, -0.2) is 4.39 Å². The van der Waals surface area contributed by atoms with Crippen molar-refractivity contribution in [1.29, 1.82) is 0 Å². The van der Waals surface area contributed by atoms with Gasteiger partial charge in [-0.05, 0) is 18.2 Å². The highest BCUT2D eigenvalue weighted by molar-refractivity contribution is 6.30. The third-order valence-electron chi connectivity index (χ3n) is 3.76. The van der Waals surface area contributed by atoms with Crippen molar-refractivity contribution in [3.05, 3.63) is 63.9 Å². The Morgan fingerprint density at radius 1 is 1.24 bits per heavy atom. The summed E-state index contributed by atoms with van der Waals surface area (Å²) in [6.07, 6.45) is 0.903. The van der Waals surface area contributed by atoms with Gasteiger partial charge < -0.3 is 10.1 Å². The van der Waals surface area contributed by atoms with E-state index in [1.807, 2.05) is 19.1 Å². The summed E-state index contributed by atoms with van der Waals surface area (Å²) in [4.78, 5) is 0. The van der Waals surface area contributed by atoms with Crippen LogP contribution in [0.5, 0.6) is 5.75 Å². The molecule has 2 aromatic carbocycles. The lowest BCUT2D eigenvalue weighted by Gasteiger charge is -2.22. The third-order valence-corrected chi connectivity index (χ3v) is 4.05. The van der Waals surface area contributed by atoms with Gasteiger partial charge in [0, 0.05) is 17.5 Å². The van der Waals surface area contributed by atoms with Crippen LogP contribution in [0.25, 0.3) is 0 Å². The lowest BCUT2D eigenvalue weighted by molar-refractivity contribution is 0.350. The van der Waals surface area contributed by atoms with Crippen molar-refractivity contribution in [3.8, 4) is 5.75 Å². The van der Waals surface area contributed by atoms with Crippen molar-refractivity contribution in [1.82, 2.24) is 5.32 Å². The topological polar surface area (TPSA) is 21.3 Å². The Morgan fingerprint density at radius 2 is 2.00 bits per heavy atom. The first-order valence-electron chi connectivity index (χ1n) is 7.14. The van der Waals surface area contributed by atoms with Gasteiger partial charge in [0.05, 0.1) is 17.7 Å². The van der Waals surface area contributed by atoms with Crippen LogP contribution >= 0.6 is 11.6 Å². The molecule has 0 radical (unpaired) electrons. The number of rotatable bonds is 4. The lowest BCUT2D eigenvalue weighted by Crippen LogP contribution is -2.23. The maximum atomic E-state index is 14.4. The summed E-state index contributed by atoms with van der Waals surface area (Å²) < 4.78 is 20.2. The van der Waals surface area contributed by atoms with Gasteiger partial charge >= 0.3 is 0 Å². The highest BCUT2D eigenvalue weighted by Crippen LogP contribution is 2.37. The summed E-state index contributed by atoms with van der Waals surface area (Å²) in [5.74, 6) is 0.503. The number of fused-ring (bicyclic) bond motifs is 1. The predicted octanol–water partition coefficient (Wildman–Crippen LogP) is 4.11. The molecule has 0 amide bonds. The zero-order valence-corrected chi connectivity index (χ0v) is 12.6. The number of hydrogen-bond donors (Lipinski definition) is 1. The molecule has 3 rings (SSSR count). The second-order valence-electron chi connectivity index (χ2n) is 5.07. The third kappa shape index (κ3) is 2.63. The summed E-state index contributed by atoms with van der Waals surface area (Å²) in [7, 11) is 0. The van der Waals surface area contributed by atoms with E-state index in [0.717, 1.165) is 24.3 Å². The second-order valence-corrected chi connectivity index (χ2v) is 5.47. The van der Waals surface area contributed by atoms with E-state index in [2.05, 4.69) is 11.4 Å². The van der Waals surface area contributed by atoms with Crippen LogP contribution in [0.4, 0.5) is 4.39 Å². The molecule has 1 heterocycles. The minimum absolute atomic E-state index is 0.142.